The zero-order valence-electron chi connectivity index (χ0n) is 12.4. The molecule has 4 heteroatoms. The summed E-state index contributed by atoms with van der Waals surface area (Å²) in [7, 11) is 0. The zero-order chi connectivity index (χ0) is 13.4. The Morgan fingerprint density at radius 3 is 2.17 bits per heavy atom. The van der Waals surface area contributed by atoms with Crippen LogP contribution in [0.25, 0.3) is 0 Å². The summed E-state index contributed by atoms with van der Waals surface area (Å²) >= 11 is 4.27. The molecule has 0 saturated carbocycles. The Balaban J connectivity index is 1.93. The molecule has 0 unspecified atom stereocenters. The van der Waals surface area contributed by atoms with Crippen LogP contribution in [0.2, 0.25) is 0 Å². The van der Waals surface area contributed by atoms with Crippen molar-refractivity contribution in [1.82, 2.24) is 14.5 Å². The number of thiol groups is 1. The molecule has 0 atom stereocenters. The summed E-state index contributed by atoms with van der Waals surface area (Å²) in [5.41, 5.74) is 0.592. The predicted octanol–water partition coefficient (Wildman–Crippen LogP) is 2.35. The van der Waals surface area contributed by atoms with E-state index in [9.17, 15) is 0 Å². The molecular formula is C14H29N3S. The summed E-state index contributed by atoms with van der Waals surface area (Å²) in [5.74, 6) is 0. The van der Waals surface area contributed by atoms with Gasteiger partial charge in [0.1, 0.15) is 0 Å². The first kappa shape index (κ1) is 14.6. The minimum absolute atomic E-state index is 0.0157. The summed E-state index contributed by atoms with van der Waals surface area (Å²) in [6.45, 7) is 14.1. The minimum atomic E-state index is 0.0157. The van der Waals surface area contributed by atoms with Gasteiger partial charge in [0.25, 0.3) is 0 Å². The van der Waals surface area contributed by atoms with Gasteiger partial charge in [0.05, 0.1) is 5.66 Å². The van der Waals surface area contributed by atoms with E-state index in [1.165, 1.54) is 45.4 Å². The van der Waals surface area contributed by atoms with Crippen LogP contribution in [-0.4, -0.2) is 47.7 Å². The van der Waals surface area contributed by atoms with Crippen molar-refractivity contribution in [3.63, 3.8) is 0 Å². The van der Waals surface area contributed by atoms with Crippen molar-refractivity contribution in [1.29, 1.82) is 0 Å². The van der Waals surface area contributed by atoms with Crippen LogP contribution < -0.4 is 4.72 Å². The average molecular weight is 271 g/mol. The first-order valence-electron chi connectivity index (χ1n) is 7.29. The minimum Gasteiger partial charge on any atom is -0.301 e. The van der Waals surface area contributed by atoms with Crippen LogP contribution in [0.4, 0.5) is 0 Å². The molecule has 18 heavy (non-hydrogen) atoms. The van der Waals surface area contributed by atoms with E-state index in [2.05, 4.69) is 55.0 Å². The standard InChI is InChI=1S/C14H29N3S/c1-12(2)16-8-5-14(6-9-16)7-10-17(11-14)13(3,4)15-18/h12,15,18H,5-11H2,1-4H3. The first-order valence-corrected chi connectivity index (χ1v) is 7.74. The van der Waals surface area contributed by atoms with Crippen LogP contribution >= 0.6 is 12.8 Å². The molecule has 0 aromatic carbocycles. The lowest BCUT2D eigenvalue weighted by Gasteiger charge is -2.42. The van der Waals surface area contributed by atoms with E-state index in [1.54, 1.807) is 0 Å². The Morgan fingerprint density at radius 2 is 1.67 bits per heavy atom. The van der Waals surface area contributed by atoms with E-state index >= 15 is 0 Å². The summed E-state index contributed by atoms with van der Waals surface area (Å²) < 4.78 is 3.14. The highest BCUT2D eigenvalue weighted by Gasteiger charge is 2.44. The number of piperidine rings is 1. The van der Waals surface area contributed by atoms with Gasteiger partial charge in [0.15, 0.2) is 0 Å². The first-order chi connectivity index (χ1) is 8.38. The SMILES string of the molecule is CC(C)N1CCC2(CC1)CCN(C(C)(C)NS)C2. The zero-order valence-corrected chi connectivity index (χ0v) is 13.3. The molecular weight excluding hydrogens is 242 g/mol. The second-order valence-corrected chi connectivity index (χ2v) is 7.20. The molecule has 0 aromatic heterocycles. The lowest BCUT2D eigenvalue weighted by molar-refractivity contribution is 0.0675. The molecule has 2 aliphatic rings. The van der Waals surface area contributed by atoms with Gasteiger partial charge in [-0.3, -0.25) is 4.90 Å². The second-order valence-electron chi connectivity index (χ2n) is 6.97. The van der Waals surface area contributed by atoms with E-state index in [-0.39, 0.29) is 5.66 Å². The molecule has 0 amide bonds. The van der Waals surface area contributed by atoms with E-state index in [0.29, 0.717) is 11.5 Å². The number of rotatable bonds is 3. The van der Waals surface area contributed by atoms with Crippen molar-refractivity contribution in [3.05, 3.63) is 0 Å². The Morgan fingerprint density at radius 1 is 1.11 bits per heavy atom. The molecule has 2 fully saturated rings. The van der Waals surface area contributed by atoms with Gasteiger partial charge < -0.3 is 4.90 Å². The fourth-order valence-corrected chi connectivity index (χ4v) is 3.55. The summed E-state index contributed by atoms with van der Waals surface area (Å²) in [6.07, 6.45) is 4.09. The molecule has 2 saturated heterocycles. The van der Waals surface area contributed by atoms with Gasteiger partial charge in [-0.1, -0.05) is 12.8 Å². The third-order valence-electron chi connectivity index (χ3n) is 5.09. The fraction of sp³-hybridized carbons (Fsp3) is 1.00. The molecule has 106 valence electrons. The quantitative estimate of drug-likeness (QED) is 0.768. The van der Waals surface area contributed by atoms with Gasteiger partial charge in [-0.05, 0) is 65.5 Å². The number of hydrogen-bond donors (Lipinski definition) is 2. The van der Waals surface area contributed by atoms with Gasteiger partial charge in [-0.25, -0.2) is 4.72 Å². The molecule has 1 N–H and O–H groups in total. The largest absolute Gasteiger partial charge is 0.301 e. The van der Waals surface area contributed by atoms with Crippen LogP contribution in [0.1, 0.15) is 47.0 Å². The van der Waals surface area contributed by atoms with Crippen LogP contribution in [0.15, 0.2) is 0 Å². The highest BCUT2D eigenvalue weighted by atomic mass is 32.1. The van der Waals surface area contributed by atoms with Crippen molar-refractivity contribution in [3.8, 4) is 0 Å². The highest BCUT2D eigenvalue weighted by Crippen LogP contribution is 2.42. The molecule has 2 heterocycles. The number of likely N-dealkylation sites (tertiary alicyclic amines) is 2. The summed E-state index contributed by atoms with van der Waals surface area (Å²) in [5, 5.41) is 0. The van der Waals surface area contributed by atoms with Gasteiger partial charge in [0.2, 0.25) is 0 Å². The smallest absolute Gasteiger partial charge is 0.0745 e. The van der Waals surface area contributed by atoms with Crippen molar-refractivity contribution in [2.45, 2.75) is 58.7 Å². The molecule has 2 aliphatic heterocycles. The van der Waals surface area contributed by atoms with Crippen LogP contribution in [0.5, 0.6) is 0 Å². The van der Waals surface area contributed by atoms with Gasteiger partial charge in [0, 0.05) is 19.1 Å². The Kier molecular flexibility index (Phi) is 4.32. The second kappa shape index (κ2) is 5.31. The molecule has 0 radical (unpaired) electrons. The molecule has 2 rings (SSSR count). The van der Waals surface area contributed by atoms with Crippen LogP contribution in [0.3, 0.4) is 0 Å². The Bertz CT molecular complexity index is 283. The lowest BCUT2D eigenvalue weighted by atomic mass is 9.77. The molecule has 0 aromatic rings. The third-order valence-corrected chi connectivity index (χ3v) is 5.64. The van der Waals surface area contributed by atoms with Crippen molar-refractivity contribution in [2.75, 3.05) is 26.2 Å². The highest BCUT2D eigenvalue weighted by molar-refractivity contribution is 7.78. The van der Waals surface area contributed by atoms with Gasteiger partial charge in [-0.2, -0.15) is 0 Å². The maximum Gasteiger partial charge on any atom is 0.0745 e. The molecule has 1 spiro atoms. The molecule has 3 nitrogen and oxygen atoms in total. The maximum atomic E-state index is 4.27. The number of nitrogens with zero attached hydrogens (tertiary/aromatic N) is 2. The van der Waals surface area contributed by atoms with Crippen molar-refractivity contribution < 1.29 is 0 Å². The molecule has 0 bridgehead atoms. The Hall–Kier alpha value is 0.230. The van der Waals surface area contributed by atoms with Crippen molar-refractivity contribution in [2.24, 2.45) is 5.41 Å². The average Bonchev–Trinajstić information content (AvgIpc) is 2.75. The van der Waals surface area contributed by atoms with Gasteiger partial charge >= 0.3 is 0 Å². The Labute approximate surface area is 118 Å². The van der Waals surface area contributed by atoms with Crippen LogP contribution in [-0.2, 0) is 0 Å². The predicted molar refractivity (Wildman–Crippen MR) is 80.8 cm³/mol. The van der Waals surface area contributed by atoms with E-state index < -0.39 is 0 Å². The monoisotopic (exact) mass is 271 g/mol. The topological polar surface area (TPSA) is 18.5 Å². The van der Waals surface area contributed by atoms with E-state index in [4.69, 9.17) is 0 Å². The van der Waals surface area contributed by atoms with Crippen LogP contribution in [0, 0.1) is 5.41 Å². The van der Waals surface area contributed by atoms with E-state index in [1.807, 2.05) is 0 Å². The maximum absolute atomic E-state index is 4.27. The normalized spacial score (nSPS) is 26.3. The summed E-state index contributed by atoms with van der Waals surface area (Å²) in [4.78, 5) is 5.18. The van der Waals surface area contributed by atoms with Crippen molar-refractivity contribution >= 4 is 12.8 Å². The number of nitrogens with one attached hydrogen (secondary N) is 1. The summed E-state index contributed by atoms with van der Waals surface area (Å²) in [6, 6.07) is 0.704. The fourth-order valence-electron chi connectivity index (χ4n) is 3.41. The number of hydrogen-bond acceptors (Lipinski definition) is 4. The third kappa shape index (κ3) is 2.87. The van der Waals surface area contributed by atoms with Gasteiger partial charge in [-0.15, -0.1) is 0 Å². The molecule has 0 aliphatic carbocycles. The lowest BCUT2D eigenvalue weighted by Crippen LogP contribution is -2.52. The van der Waals surface area contributed by atoms with E-state index in [0.717, 1.165) is 0 Å².